The first-order valence-corrected chi connectivity index (χ1v) is 6.57. The third-order valence-electron chi connectivity index (χ3n) is 2.81. The van der Waals surface area contributed by atoms with Crippen molar-refractivity contribution >= 4 is 27.2 Å². The highest BCUT2D eigenvalue weighted by atomic mass is 32.1. The van der Waals surface area contributed by atoms with Crippen molar-refractivity contribution in [2.75, 3.05) is 5.73 Å². The van der Waals surface area contributed by atoms with E-state index >= 15 is 0 Å². The lowest BCUT2D eigenvalue weighted by atomic mass is 10.2. The van der Waals surface area contributed by atoms with Gasteiger partial charge in [0.25, 0.3) is 0 Å². The maximum absolute atomic E-state index is 13.5. The lowest BCUT2D eigenvalue weighted by molar-refractivity contribution is 0.477. The first kappa shape index (κ1) is 12.4. The Morgan fingerprint density at radius 1 is 1.25 bits per heavy atom. The summed E-state index contributed by atoms with van der Waals surface area (Å²) in [6.45, 7) is 0. The number of aromatic nitrogens is 1. The largest absolute Gasteiger partial charge is 0.454 e. The van der Waals surface area contributed by atoms with Gasteiger partial charge in [-0.15, -0.1) is 11.3 Å². The van der Waals surface area contributed by atoms with Crippen LogP contribution in [0, 0.1) is 17.1 Å². The minimum absolute atomic E-state index is 0.133. The van der Waals surface area contributed by atoms with Crippen molar-refractivity contribution in [2.24, 2.45) is 0 Å². The molecule has 0 radical (unpaired) electrons. The molecule has 0 unspecified atom stereocenters. The third kappa shape index (κ3) is 1.94. The van der Waals surface area contributed by atoms with Crippen LogP contribution < -0.4 is 10.5 Å². The molecule has 0 fully saturated rings. The van der Waals surface area contributed by atoms with Crippen LogP contribution >= 0.6 is 11.3 Å². The van der Waals surface area contributed by atoms with Gasteiger partial charge in [-0.1, -0.05) is 6.07 Å². The van der Waals surface area contributed by atoms with E-state index in [0.717, 1.165) is 4.70 Å². The predicted molar refractivity (Wildman–Crippen MR) is 75.2 cm³/mol. The summed E-state index contributed by atoms with van der Waals surface area (Å²) >= 11 is 1.47. The van der Waals surface area contributed by atoms with Crippen LogP contribution in [-0.4, -0.2) is 4.98 Å². The summed E-state index contributed by atoms with van der Waals surface area (Å²) in [6.07, 6.45) is 0. The van der Waals surface area contributed by atoms with Crippen molar-refractivity contribution in [3.8, 4) is 17.6 Å². The molecule has 0 aliphatic carbocycles. The van der Waals surface area contributed by atoms with Gasteiger partial charge in [0.15, 0.2) is 5.75 Å². The molecule has 1 heterocycles. The fourth-order valence-corrected chi connectivity index (χ4v) is 2.53. The second-order valence-electron chi connectivity index (χ2n) is 4.00. The van der Waals surface area contributed by atoms with Crippen molar-refractivity contribution < 1.29 is 9.13 Å². The number of benzene rings is 2. The second-order valence-corrected chi connectivity index (χ2v) is 4.89. The minimum Gasteiger partial charge on any atom is -0.454 e. The lowest BCUT2D eigenvalue weighted by Gasteiger charge is -2.10. The Morgan fingerprint density at radius 2 is 2.10 bits per heavy atom. The number of anilines is 1. The van der Waals surface area contributed by atoms with Gasteiger partial charge >= 0.3 is 0 Å². The van der Waals surface area contributed by atoms with E-state index in [0.29, 0.717) is 17.0 Å². The van der Waals surface area contributed by atoms with E-state index in [2.05, 4.69) is 4.98 Å². The molecule has 2 N–H and O–H groups in total. The van der Waals surface area contributed by atoms with Crippen LogP contribution in [0.15, 0.2) is 35.8 Å². The summed E-state index contributed by atoms with van der Waals surface area (Å²) in [5, 5.41) is 8.97. The number of hydrogen-bond donors (Lipinski definition) is 1. The number of nitrogen functional groups attached to an aromatic ring is 1. The zero-order chi connectivity index (χ0) is 14.1. The zero-order valence-electron chi connectivity index (χ0n) is 10.1. The molecule has 0 aliphatic rings. The summed E-state index contributed by atoms with van der Waals surface area (Å²) in [5.41, 5.74) is 8.54. The van der Waals surface area contributed by atoms with Crippen LogP contribution in [0.25, 0.3) is 10.2 Å². The topological polar surface area (TPSA) is 71.9 Å². The average molecular weight is 285 g/mol. The van der Waals surface area contributed by atoms with Gasteiger partial charge in [0.1, 0.15) is 34.4 Å². The van der Waals surface area contributed by atoms with Gasteiger partial charge in [-0.25, -0.2) is 9.37 Å². The van der Waals surface area contributed by atoms with Crippen LogP contribution in [0.5, 0.6) is 11.5 Å². The predicted octanol–water partition coefficient (Wildman–Crippen LogP) is 3.68. The number of nitrogens with zero attached hydrogens (tertiary/aromatic N) is 2. The fourth-order valence-electron chi connectivity index (χ4n) is 1.84. The van der Waals surface area contributed by atoms with Crippen molar-refractivity contribution in [3.63, 3.8) is 0 Å². The molecule has 6 heteroatoms. The van der Waals surface area contributed by atoms with E-state index in [4.69, 9.17) is 15.7 Å². The number of ether oxygens (including phenoxy) is 1. The summed E-state index contributed by atoms with van der Waals surface area (Å²) in [4.78, 5) is 4.16. The highest BCUT2D eigenvalue weighted by Crippen LogP contribution is 2.35. The Balaban J connectivity index is 2.08. The Hall–Kier alpha value is -2.65. The molecule has 0 amide bonds. The molecular weight excluding hydrogens is 277 g/mol. The standard InChI is InChI=1S/C14H8FN3OS/c15-9-2-1-3-10(8(9)6-16)19-11-4-5-12-14(13(11)17)18-7-20-12/h1-5,7H,17H2. The van der Waals surface area contributed by atoms with Crippen molar-refractivity contribution in [1.29, 1.82) is 5.26 Å². The number of nitriles is 1. The van der Waals surface area contributed by atoms with Crippen molar-refractivity contribution in [1.82, 2.24) is 4.98 Å². The van der Waals surface area contributed by atoms with Gasteiger partial charge in [-0.2, -0.15) is 5.26 Å². The van der Waals surface area contributed by atoms with Crippen LogP contribution in [0.1, 0.15) is 5.56 Å². The third-order valence-corrected chi connectivity index (χ3v) is 3.60. The molecular formula is C14H8FN3OS. The molecule has 98 valence electrons. The average Bonchev–Trinajstić information content (AvgIpc) is 2.91. The number of thiazole rings is 1. The summed E-state index contributed by atoms with van der Waals surface area (Å²) in [7, 11) is 0. The lowest BCUT2D eigenvalue weighted by Crippen LogP contribution is -1.96. The summed E-state index contributed by atoms with van der Waals surface area (Å²) in [6, 6.07) is 9.49. The van der Waals surface area contributed by atoms with E-state index in [-0.39, 0.29) is 11.3 Å². The molecule has 1 aromatic heterocycles. The molecule has 0 aliphatic heterocycles. The molecule has 0 saturated heterocycles. The second kappa shape index (κ2) is 4.79. The van der Waals surface area contributed by atoms with E-state index < -0.39 is 5.82 Å². The SMILES string of the molecule is N#Cc1c(F)cccc1Oc1ccc2scnc2c1N. The van der Waals surface area contributed by atoms with Gasteiger partial charge in [0.2, 0.25) is 0 Å². The molecule has 0 spiro atoms. The molecule has 3 rings (SSSR count). The number of nitrogens with two attached hydrogens (primary N) is 1. The Bertz CT molecular complexity index is 838. The maximum atomic E-state index is 13.5. The normalized spacial score (nSPS) is 10.4. The van der Waals surface area contributed by atoms with E-state index in [9.17, 15) is 4.39 Å². The minimum atomic E-state index is -0.627. The molecule has 0 saturated carbocycles. The Morgan fingerprint density at radius 3 is 2.90 bits per heavy atom. The number of hydrogen-bond acceptors (Lipinski definition) is 5. The number of halogens is 1. The van der Waals surface area contributed by atoms with E-state index in [1.165, 1.54) is 29.5 Å². The van der Waals surface area contributed by atoms with Crippen LogP contribution in [0.2, 0.25) is 0 Å². The summed E-state index contributed by atoms with van der Waals surface area (Å²) < 4.78 is 20.0. The van der Waals surface area contributed by atoms with E-state index in [1.54, 1.807) is 17.6 Å². The van der Waals surface area contributed by atoms with Gasteiger partial charge in [-0.3, -0.25) is 0 Å². The quantitative estimate of drug-likeness (QED) is 0.729. The molecule has 0 atom stereocenters. The first-order valence-electron chi connectivity index (χ1n) is 5.69. The van der Waals surface area contributed by atoms with Gasteiger partial charge in [-0.05, 0) is 24.3 Å². The smallest absolute Gasteiger partial charge is 0.152 e. The van der Waals surface area contributed by atoms with Crippen molar-refractivity contribution in [2.45, 2.75) is 0 Å². The fraction of sp³-hybridized carbons (Fsp3) is 0. The Labute approximate surface area is 117 Å². The highest BCUT2D eigenvalue weighted by Gasteiger charge is 2.13. The molecule has 20 heavy (non-hydrogen) atoms. The first-order chi connectivity index (χ1) is 9.70. The van der Waals surface area contributed by atoms with Crippen molar-refractivity contribution in [3.05, 3.63) is 47.2 Å². The van der Waals surface area contributed by atoms with Crippen LogP contribution in [0.3, 0.4) is 0 Å². The zero-order valence-corrected chi connectivity index (χ0v) is 10.9. The summed E-state index contributed by atoms with van der Waals surface area (Å²) in [5.74, 6) is -0.141. The number of fused-ring (bicyclic) bond motifs is 1. The Kier molecular flexibility index (Phi) is 2.97. The maximum Gasteiger partial charge on any atom is 0.152 e. The highest BCUT2D eigenvalue weighted by molar-refractivity contribution is 7.16. The molecule has 4 nitrogen and oxygen atoms in total. The van der Waals surface area contributed by atoms with Gasteiger partial charge < -0.3 is 10.5 Å². The molecule has 0 bridgehead atoms. The van der Waals surface area contributed by atoms with E-state index in [1.807, 2.05) is 6.07 Å². The molecule has 2 aromatic carbocycles. The number of rotatable bonds is 2. The van der Waals surface area contributed by atoms with Gasteiger partial charge in [0.05, 0.1) is 10.2 Å². The monoisotopic (exact) mass is 285 g/mol. The molecule has 3 aromatic rings. The van der Waals surface area contributed by atoms with Gasteiger partial charge in [0, 0.05) is 0 Å². The van der Waals surface area contributed by atoms with Crippen LogP contribution in [0.4, 0.5) is 10.1 Å². The van der Waals surface area contributed by atoms with Crippen LogP contribution in [-0.2, 0) is 0 Å².